The molecule has 0 saturated heterocycles. The smallest absolute Gasteiger partial charge is 0.339 e. The fraction of sp³-hybridized carbons (Fsp3) is 0.0667. The van der Waals surface area contributed by atoms with Crippen LogP contribution in [0.4, 0.5) is 14.9 Å². The van der Waals surface area contributed by atoms with Crippen molar-refractivity contribution in [3.05, 3.63) is 64.9 Å². The molecule has 6 heteroatoms. The molecular weight excluding hydrogens is 293 g/mol. The molecule has 108 valence electrons. The lowest BCUT2D eigenvalue weighted by Crippen LogP contribution is -2.34. The Morgan fingerprint density at radius 3 is 2.62 bits per heavy atom. The second-order valence-corrected chi connectivity index (χ2v) is 4.53. The molecular formula is C15H13ClFN3O. The molecule has 0 aliphatic carbocycles. The number of carbonyl (C=O) groups is 1. The summed E-state index contributed by atoms with van der Waals surface area (Å²) in [6.45, 7) is 0. The molecule has 0 aliphatic rings. The van der Waals surface area contributed by atoms with Gasteiger partial charge in [0.2, 0.25) is 0 Å². The molecule has 0 atom stereocenters. The number of halogens is 2. The van der Waals surface area contributed by atoms with Gasteiger partial charge in [-0.3, -0.25) is 0 Å². The number of rotatable bonds is 3. The number of hydrogen-bond acceptors (Lipinski definition) is 2. The van der Waals surface area contributed by atoms with E-state index in [1.165, 1.54) is 31.5 Å². The molecule has 2 rings (SSSR count). The Kier molecular flexibility index (Phi) is 4.90. The fourth-order valence-corrected chi connectivity index (χ4v) is 1.80. The SMILES string of the molecule is CNC(=O)N(/N=C/c1ccccc1)c1ccc(F)c(Cl)c1. The van der Waals surface area contributed by atoms with Crippen molar-refractivity contribution in [1.82, 2.24) is 5.32 Å². The monoisotopic (exact) mass is 305 g/mol. The quantitative estimate of drug-likeness (QED) is 0.682. The van der Waals surface area contributed by atoms with E-state index in [9.17, 15) is 9.18 Å². The molecule has 0 unspecified atom stereocenters. The van der Waals surface area contributed by atoms with Crippen LogP contribution in [-0.4, -0.2) is 19.3 Å². The third-order valence-corrected chi connectivity index (χ3v) is 2.97. The van der Waals surface area contributed by atoms with Gasteiger partial charge in [0, 0.05) is 7.05 Å². The van der Waals surface area contributed by atoms with Gasteiger partial charge >= 0.3 is 6.03 Å². The molecule has 21 heavy (non-hydrogen) atoms. The molecule has 0 heterocycles. The zero-order valence-corrected chi connectivity index (χ0v) is 12.0. The van der Waals surface area contributed by atoms with Crippen LogP contribution in [0.2, 0.25) is 5.02 Å². The first-order chi connectivity index (χ1) is 10.1. The molecule has 0 aromatic heterocycles. The van der Waals surface area contributed by atoms with E-state index in [1.807, 2.05) is 30.3 Å². The molecule has 2 aromatic rings. The van der Waals surface area contributed by atoms with Crippen LogP contribution in [0.25, 0.3) is 0 Å². The molecule has 1 N–H and O–H groups in total. The summed E-state index contributed by atoms with van der Waals surface area (Å²) in [4.78, 5) is 11.9. The molecule has 4 nitrogen and oxygen atoms in total. The maximum absolute atomic E-state index is 13.2. The lowest BCUT2D eigenvalue weighted by atomic mass is 10.2. The van der Waals surface area contributed by atoms with Gasteiger partial charge in [0.25, 0.3) is 0 Å². The zero-order chi connectivity index (χ0) is 15.2. The van der Waals surface area contributed by atoms with Crippen LogP contribution >= 0.6 is 11.6 Å². The van der Waals surface area contributed by atoms with E-state index in [2.05, 4.69) is 10.4 Å². The minimum absolute atomic E-state index is 0.0729. The van der Waals surface area contributed by atoms with Crippen molar-refractivity contribution in [1.29, 1.82) is 0 Å². The van der Waals surface area contributed by atoms with Crippen molar-refractivity contribution < 1.29 is 9.18 Å². The number of benzene rings is 2. The lowest BCUT2D eigenvalue weighted by molar-refractivity contribution is 0.248. The van der Waals surface area contributed by atoms with Gasteiger partial charge in [-0.1, -0.05) is 41.9 Å². The molecule has 0 radical (unpaired) electrons. The van der Waals surface area contributed by atoms with Crippen molar-refractivity contribution in [2.75, 3.05) is 12.1 Å². The van der Waals surface area contributed by atoms with Crippen molar-refractivity contribution in [3.8, 4) is 0 Å². The number of urea groups is 1. The van der Waals surface area contributed by atoms with Gasteiger partial charge in [0.15, 0.2) is 0 Å². The van der Waals surface area contributed by atoms with E-state index >= 15 is 0 Å². The summed E-state index contributed by atoms with van der Waals surface area (Å²) >= 11 is 5.74. The Morgan fingerprint density at radius 1 is 1.29 bits per heavy atom. The maximum atomic E-state index is 13.2. The van der Waals surface area contributed by atoms with Gasteiger partial charge in [0.1, 0.15) is 5.82 Å². The minimum Gasteiger partial charge on any atom is -0.339 e. The average Bonchev–Trinajstić information content (AvgIpc) is 2.51. The molecule has 2 aromatic carbocycles. The van der Waals surface area contributed by atoms with Crippen LogP contribution in [0.5, 0.6) is 0 Å². The Hall–Kier alpha value is -2.40. The first kappa shape index (κ1) is 15.0. The Balaban J connectivity index is 2.32. The van der Waals surface area contributed by atoms with Crippen molar-refractivity contribution in [2.24, 2.45) is 5.10 Å². The lowest BCUT2D eigenvalue weighted by Gasteiger charge is -2.16. The third kappa shape index (κ3) is 3.79. The number of amides is 2. The number of carbonyl (C=O) groups excluding carboxylic acids is 1. The van der Waals surface area contributed by atoms with Crippen LogP contribution in [0.1, 0.15) is 5.56 Å². The predicted molar refractivity (Wildman–Crippen MR) is 82.4 cm³/mol. The summed E-state index contributed by atoms with van der Waals surface area (Å²) in [7, 11) is 1.48. The van der Waals surface area contributed by atoms with E-state index in [1.54, 1.807) is 0 Å². The number of nitrogens with one attached hydrogen (secondary N) is 1. The fourth-order valence-electron chi connectivity index (χ4n) is 1.62. The summed E-state index contributed by atoms with van der Waals surface area (Å²) in [6, 6.07) is 12.8. The number of anilines is 1. The average molecular weight is 306 g/mol. The first-order valence-corrected chi connectivity index (χ1v) is 6.55. The molecule has 0 aliphatic heterocycles. The number of hydrazone groups is 1. The largest absolute Gasteiger partial charge is 0.342 e. The standard InChI is InChI=1S/C15H13ClFN3O/c1-18-15(21)20(12-7-8-14(17)13(16)9-12)19-10-11-5-3-2-4-6-11/h2-10H,1H3,(H,18,21)/b19-10+. The first-order valence-electron chi connectivity index (χ1n) is 6.17. The van der Waals surface area contributed by atoms with Gasteiger partial charge in [-0.15, -0.1) is 0 Å². The third-order valence-electron chi connectivity index (χ3n) is 2.68. The molecule has 0 bridgehead atoms. The molecule has 2 amide bonds. The highest BCUT2D eigenvalue weighted by atomic mass is 35.5. The van der Waals surface area contributed by atoms with Crippen LogP contribution < -0.4 is 10.3 Å². The normalized spacial score (nSPS) is 10.6. The number of nitrogens with zero attached hydrogens (tertiary/aromatic N) is 2. The van der Waals surface area contributed by atoms with E-state index < -0.39 is 11.8 Å². The maximum Gasteiger partial charge on any atom is 0.342 e. The van der Waals surface area contributed by atoms with Crippen molar-refractivity contribution >= 4 is 29.5 Å². The van der Waals surface area contributed by atoms with Crippen molar-refractivity contribution in [3.63, 3.8) is 0 Å². The van der Waals surface area contributed by atoms with Crippen LogP contribution in [0.15, 0.2) is 53.6 Å². The highest BCUT2D eigenvalue weighted by molar-refractivity contribution is 6.31. The van der Waals surface area contributed by atoms with E-state index in [0.717, 1.165) is 10.6 Å². The summed E-state index contributed by atoms with van der Waals surface area (Å²) < 4.78 is 13.2. The van der Waals surface area contributed by atoms with Gasteiger partial charge < -0.3 is 5.32 Å². The minimum atomic E-state index is -0.552. The number of hydrogen-bond donors (Lipinski definition) is 1. The molecule has 0 fully saturated rings. The van der Waals surface area contributed by atoms with Crippen LogP contribution in [-0.2, 0) is 0 Å². The Labute approximate surface area is 126 Å². The molecule has 0 spiro atoms. The highest BCUT2D eigenvalue weighted by Gasteiger charge is 2.14. The summed E-state index contributed by atoms with van der Waals surface area (Å²) in [5.41, 5.74) is 1.20. The topological polar surface area (TPSA) is 44.7 Å². The predicted octanol–water partition coefficient (Wildman–Crippen LogP) is 3.66. The van der Waals surface area contributed by atoms with Crippen LogP contribution in [0.3, 0.4) is 0 Å². The zero-order valence-electron chi connectivity index (χ0n) is 11.3. The second kappa shape index (κ2) is 6.85. The summed E-state index contributed by atoms with van der Waals surface area (Å²) in [5, 5.41) is 7.63. The Bertz CT molecular complexity index is 661. The summed E-state index contributed by atoms with van der Waals surface area (Å²) in [6.07, 6.45) is 1.53. The Morgan fingerprint density at radius 2 is 2.00 bits per heavy atom. The van der Waals surface area contributed by atoms with Gasteiger partial charge in [0.05, 0.1) is 16.9 Å². The summed E-state index contributed by atoms with van der Waals surface area (Å²) in [5.74, 6) is -0.552. The van der Waals surface area contributed by atoms with Crippen molar-refractivity contribution in [2.45, 2.75) is 0 Å². The van der Waals surface area contributed by atoms with E-state index in [-0.39, 0.29) is 5.02 Å². The second-order valence-electron chi connectivity index (χ2n) is 4.12. The van der Waals surface area contributed by atoms with Gasteiger partial charge in [-0.25, -0.2) is 9.18 Å². The van der Waals surface area contributed by atoms with Crippen LogP contribution in [0, 0.1) is 5.82 Å². The highest BCUT2D eigenvalue weighted by Crippen LogP contribution is 2.23. The van der Waals surface area contributed by atoms with E-state index in [0.29, 0.717) is 5.69 Å². The van der Waals surface area contributed by atoms with Gasteiger partial charge in [-0.2, -0.15) is 10.1 Å². The van der Waals surface area contributed by atoms with E-state index in [4.69, 9.17) is 11.6 Å². The molecule has 0 saturated carbocycles. The van der Waals surface area contributed by atoms with Gasteiger partial charge in [-0.05, 0) is 23.8 Å².